The highest BCUT2D eigenvalue weighted by Crippen LogP contribution is 2.22. The molecule has 1 atom stereocenters. The molecular formula is C24H35N3O. The van der Waals surface area contributed by atoms with Gasteiger partial charge in [0.1, 0.15) is 5.75 Å². The van der Waals surface area contributed by atoms with E-state index < -0.39 is 0 Å². The van der Waals surface area contributed by atoms with Crippen molar-refractivity contribution >= 4 is 0 Å². The summed E-state index contributed by atoms with van der Waals surface area (Å²) in [6.07, 6.45) is 5.88. The zero-order valence-electron chi connectivity index (χ0n) is 16.9. The normalized spacial score (nSPS) is 16.9. The van der Waals surface area contributed by atoms with E-state index in [-0.39, 0.29) is 0 Å². The number of likely N-dealkylation sites (tertiary alicyclic amines) is 1. The van der Waals surface area contributed by atoms with Crippen LogP contribution in [0.5, 0.6) is 5.75 Å². The second-order valence-electron chi connectivity index (χ2n) is 8.05. The number of phenolic OH excluding ortho intramolecular Hbond substituents is 1. The summed E-state index contributed by atoms with van der Waals surface area (Å²) < 4.78 is 0. The zero-order chi connectivity index (χ0) is 19.6. The molecule has 4 heteroatoms. The smallest absolute Gasteiger partial charge is 0.120 e. The van der Waals surface area contributed by atoms with Crippen LogP contribution in [-0.4, -0.2) is 42.2 Å². The second kappa shape index (κ2) is 11.2. The molecule has 3 rings (SSSR count). The SMILES string of the molecule is NCCC(CCN1CCC(Cc2ccccc2)CC1)NCc1ccccc1O. The van der Waals surface area contributed by atoms with Gasteiger partial charge in [-0.15, -0.1) is 0 Å². The van der Waals surface area contributed by atoms with Crippen LogP contribution in [0.4, 0.5) is 0 Å². The summed E-state index contributed by atoms with van der Waals surface area (Å²) in [4.78, 5) is 2.60. The Balaban J connectivity index is 1.39. The van der Waals surface area contributed by atoms with Crippen LogP contribution in [0.1, 0.15) is 36.8 Å². The number of hydrogen-bond acceptors (Lipinski definition) is 4. The third kappa shape index (κ3) is 6.62. The maximum absolute atomic E-state index is 9.94. The predicted octanol–water partition coefficient (Wildman–Crippen LogP) is 3.54. The van der Waals surface area contributed by atoms with Gasteiger partial charge in [-0.3, -0.25) is 0 Å². The quantitative estimate of drug-likeness (QED) is 0.589. The molecule has 0 radical (unpaired) electrons. The molecule has 4 nitrogen and oxygen atoms in total. The number of phenols is 1. The number of nitrogens with one attached hydrogen (secondary N) is 1. The van der Waals surface area contributed by atoms with E-state index in [4.69, 9.17) is 5.73 Å². The predicted molar refractivity (Wildman–Crippen MR) is 116 cm³/mol. The number of piperidine rings is 1. The molecule has 4 N–H and O–H groups in total. The van der Waals surface area contributed by atoms with E-state index in [1.54, 1.807) is 6.07 Å². The van der Waals surface area contributed by atoms with Gasteiger partial charge >= 0.3 is 0 Å². The Morgan fingerprint density at radius 1 is 1.00 bits per heavy atom. The Morgan fingerprint density at radius 2 is 1.71 bits per heavy atom. The molecule has 0 bridgehead atoms. The van der Waals surface area contributed by atoms with Crippen molar-refractivity contribution in [3.05, 3.63) is 65.7 Å². The first kappa shape index (κ1) is 20.8. The van der Waals surface area contributed by atoms with E-state index in [1.807, 2.05) is 18.2 Å². The van der Waals surface area contributed by atoms with Crippen LogP contribution in [0, 0.1) is 5.92 Å². The van der Waals surface area contributed by atoms with Gasteiger partial charge < -0.3 is 21.1 Å². The van der Waals surface area contributed by atoms with Crippen LogP contribution in [0.15, 0.2) is 54.6 Å². The fraction of sp³-hybridized carbons (Fsp3) is 0.500. The lowest BCUT2D eigenvalue weighted by Crippen LogP contribution is -2.39. The number of nitrogens with two attached hydrogens (primary N) is 1. The van der Waals surface area contributed by atoms with Crippen molar-refractivity contribution in [2.75, 3.05) is 26.2 Å². The van der Waals surface area contributed by atoms with Crippen molar-refractivity contribution in [2.24, 2.45) is 11.7 Å². The Bertz CT molecular complexity index is 683. The largest absolute Gasteiger partial charge is 0.508 e. The van der Waals surface area contributed by atoms with Gasteiger partial charge in [0.2, 0.25) is 0 Å². The molecule has 2 aromatic rings. The summed E-state index contributed by atoms with van der Waals surface area (Å²) in [6.45, 7) is 4.91. The Labute approximate surface area is 169 Å². The first-order valence-corrected chi connectivity index (χ1v) is 10.7. The minimum Gasteiger partial charge on any atom is -0.508 e. The van der Waals surface area contributed by atoms with Gasteiger partial charge in [-0.2, -0.15) is 0 Å². The van der Waals surface area contributed by atoms with Crippen molar-refractivity contribution in [1.29, 1.82) is 0 Å². The minimum atomic E-state index is 0.363. The number of para-hydroxylation sites is 1. The summed E-state index contributed by atoms with van der Waals surface area (Å²) in [7, 11) is 0. The summed E-state index contributed by atoms with van der Waals surface area (Å²) in [6, 6.07) is 18.8. The molecule has 1 fully saturated rings. The van der Waals surface area contributed by atoms with Crippen molar-refractivity contribution in [3.8, 4) is 5.75 Å². The van der Waals surface area contributed by atoms with E-state index in [1.165, 1.54) is 37.9 Å². The molecular weight excluding hydrogens is 346 g/mol. The summed E-state index contributed by atoms with van der Waals surface area (Å²) in [5.74, 6) is 1.18. The third-order valence-corrected chi connectivity index (χ3v) is 5.96. The molecule has 152 valence electrons. The molecule has 1 aliphatic heterocycles. The molecule has 1 aliphatic rings. The number of rotatable bonds is 10. The number of aromatic hydroxyl groups is 1. The van der Waals surface area contributed by atoms with Gasteiger partial charge in [0, 0.05) is 18.2 Å². The molecule has 1 heterocycles. The Morgan fingerprint density at radius 3 is 2.43 bits per heavy atom. The molecule has 0 aromatic heterocycles. The van der Waals surface area contributed by atoms with Crippen molar-refractivity contribution in [1.82, 2.24) is 10.2 Å². The van der Waals surface area contributed by atoms with Crippen LogP contribution >= 0.6 is 0 Å². The molecule has 0 aliphatic carbocycles. The first-order valence-electron chi connectivity index (χ1n) is 10.7. The maximum atomic E-state index is 9.94. The number of hydrogen-bond donors (Lipinski definition) is 3. The number of benzene rings is 2. The van der Waals surface area contributed by atoms with Crippen LogP contribution in [-0.2, 0) is 13.0 Å². The summed E-state index contributed by atoms with van der Waals surface area (Å²) in [5.41, 5.74) is 8.25. The Kier molecular flexibility index (Phi) is 8.34. The topological polar surface area (TPSA) is 61.5 Å². The van der Waals surface area contributed by atoms with Crippen molar-refractivity contribution < 1.29 is 5.11 Å². The fourth-order valence-electron chi connectivity index (χ4n) is 4.16. The average molecular weight is 382 g/mol. The highest BCUT2D eigenvalue weighted by molar-refractivity contribution is 5.31. The maximum Gasteiger partial charge on any atom is 0.120 e. The monoisotopic (exact) mass is 381 g/mol. The standard InChI is InChI=1S/C24H35N3O/c25-14-10-23(26-19-22-8-4-5-9-24(22)28)13-17-27-15-11-21(12-16-27)18-20-6-2-1-3-7-20/h1-9,21,23,26,28H,10-19,25H2. The molecule has 0 spiro atoms. The van der Waals surface area contributed by atoms with E-state index in [2.05, 4.69) is 40.5 Å². The van der Waals surface area contributed by atoms with Crippen molar-refractivity contribution in [2.45, 2.75) is 44.7 Å². The minimum absolute atomic E-state index is 0.363. The van der Waals surface area contributed by atoms with Gasteiger partial charge in [-0.1, -0.05) is 48.5 Å². The van der Waals surface area contributed by atoms with E-state index in [0.717, 1.165) is 30.9 Å². The molecule has 28 heavy (non-hydrogen) atoms. The lowest BCUT2D eigenvalue weighted by atomic mass is 9.90. The molecule has 0 amide bonds. The lowest BCUT2D eigenvalue weighted by molar-refractivity contribution is 0.175. The molecule has 1 saturated heterocycles. The van der Waals surface area contributed by atoms with E-state index >= 15 is 0 Å². The summed E-state index contributed by atoms with van der Waals surface area (Å²) in [5, 5.41) is 13.5. The van der Waals surface area contributed by atoms with Crippen LogP contribution < -0.4 is 11.1 Å². The van der Waals surface area contributed by atoms with Crippen LogP contribution in [0.2, 0.25) is 0 Å². The highest BCUT2D eigenvalue weighted by Gasteiger charge is 2.20. The second-order valence-corrected chi connectivity index (χ2v) is 8.05. The van der Waals surface area contributed by atoms with Crippen molar-refractivity contribution in [3.63, 3.8) is 0 Å². The van der Waals surface area contributed by atoms with Gasteiger partial charge in [0.25, 0.3) is 0 Å². The highest BCUT2D eigenvalue weighted by atomic mass is 16.3. The van der Waals surface area contributed by atoms with Gasteiger partial charge in [0.05, 0.1) is 0 Å². The Hall–Kier alpha value is -1.88. The lowest BCUT2D eigenvalue weighted by Gasteiger charge is -2.33. The molecule has 2 aromatic carbocycles. The van der Waals surface area contributed by atoms with Gasteiger partial charge in [-0.05, 0) is 75.8 Å². The first-order chi connectivity index (χ1) is 13.7. The number of nitrogens with zero attached hydrogens (tertiary/aromatic N) is 1. The van der Waals surface area contributed by atoms with E-state index in [9.17, 15) is 5.11 Å². The van der Waals surface area contributed by atoms with Crippen LogP contribution in [0.3, 0.4) is 0 Å². The zero-order valence-corrected chi connectivity index (χ0v) is 16.9. The van der Waals surface area contributed by atoms with Gasteiger partial charge in [-0.25, -0.2) is 0 Å². The van der Waals surface area contributed by atoms with Gasteiger partial charge in [0.15, 0.2) is 0 Å². The summed E-state index contributed by atoms with van der Waals surface area (Å²) >= 11 is 0. The molecule has 1 unspecified atom stereocenters. The fourth-order valence-corrected chi connectivity index (χ4v) is 4.16. The third-order valence-electron chi connectivity index (χ3n) is 5.96. The van der Waals surface area contributed by atoms with E-state index in [0.29, 0.717) is 24.9 Å². The average Bonchev–Trinajstić information content (AvgIpc) is 2.73. The van der Waals surface area contributed by atoms with Crippen LogP contribution in [0.25, 0.3) is 0 Å². The molecule has 0 saturated carbocycles.